The highest BCUT2D eigenvalue weighted by Crippen LogP contribution is 2.54. The average molecular weight is 582 g/mol. The Kier molecular flexibility index (Phi) is 6.53. The Balaban J connectivity index is 1.33. The number of nitrogens with one attached hydrogen (secondary N) is 2. The predicted molar refractivity (Wildman–Crippen MR) is 155 cm³/mol. The molecule has 1 atom stereocenters. The first-order valence-electron chi connectivity index (χ1n) is 13.1. The molecule has 2 aliphatic rings. The van der Waals surface area contributed by atoms with E-state index in [1.807, 2.05) is 45.9 Å². The van der Waals surface area contributed by atoms with Crippen LogP contribution in [0.4, 0.5) is 25.8 Å². The van der Waals surface area contributed by atoms with Crippen LogP contribution in [0, 0.1) is 18.2 Å². The predicted octanol–water partition coefficient (Wildman–Crippen LogP) is 6.49. The summed E-state index contributed by atoms with van der Waals surface area (Å²) in [5.74, 6) is -0.266. The Morgan fingerprint density at radius 1 is 1.23 bits per heavy atom. The first-order chi connectivity index (χ1) is 19.0. The maximum Gasteiger partial charge on any atom is 0.407 e. The van der Waals surface area contributed by atoms with Gasteiger partial charge in [-0.1, -0.05) is 17.7 Å². The molecule has 2 fully saturated rings. The number of anilines is 3. The van der Waals surface area contributed by atoms with Crippen molar-refractivity contribution in [1.29, 1.82) is 0 Å². The summed E-state index contributed by atoms with van der Waals surface area (Å²) in [5, 5.41) is 8.22. The minimum absolute atomic E-state index is 0.0260. The van der Waals surface area contributed by atoms with Crippen LogP contribution in [0.5, 0.6) is 0 Å². The van der Waals surface area contributed by atoms with Crippen LogP contribution in [0.15, 0.2) is 36.7 Å². The Hall–Kier alpha value is -3.57. The van der Waals surface area contributed by atoms with Crippen LogP contribution in [0.25, 0.3) is 22.2 Å². The lowest BCUT2D eigenvalue weighted by Gasteiger charge is -2.24. The lowest BCUT2D eigenvalue weighted by atomic mass is 10.0. The summed E-state index contributed by atoms with van der Waals surface area (Å²) >= 11 is 8.04. The van der Waals surface area contributed by atoms with Gasteiger partial charge in [0.05, 0.1) is 34.2 Å². The summed E-state index contributed by atoms with van der Waals surface area (Å²) in [7, 11) is 0. The summed E-state index contributed by atoms with van der Waals surface area (Å²) in [5.41, 5.74) is 2.54. The zero-order chi connectivity index (χ0) is 28.2. The third-order valence-corrected chi connectivity index (χ3v) is 8.30. The molecular formula is C28H29ClFN7O2S. The van der Waals surface area contributed by atoms with E-state index in [1.54, 1.807) is 12.3 Å². The Morgan fingerprint density at radius 2 is 2.02 bits per heavy atom. The molecule has 6 rings (SSSR count). The van der Waals surface area contributed by atoms with Crippen molar-refractivity contribution in [1.82, 2.24) is 24.6 Å². The van der Waals surface area contributed by atoms with Crippen molar-refractivity contribution >= 4 is 56.8 Å². The zero-order valence-electron chi connectivity index (χ0n) is 22.6. The first-order valence-corrected chi connectivity index (χ1v) is 14.2. The van der Waals surface area contributed by atoms with E-state index in [0.29, 0.717) is 17.1 Å². The van der Waals surface area contributed by atoms with Gasteiger partial charge in [-0.15, -0.1) is 0 Å². The van der Waals surface area contributed by atoms with Crippen molar-refractivity contribution in [2.75, 3.05) is 23.3 Å². The van der Waals surface area contributed by atoms with Crippen LogP contribution in [0.2, 0.25) is 5.02 Å². The second kappa shape index (κ2) is 9.81. The zero-order valence-corrected chi connectivity index (χ0v) is 24.2. The molecule has 1 saturated carbocycles. The fourth-order valence-corrected chi connectivity index (χ4v) is 6.17. The molecule has 1 spiro atoms. The van der Waals surface area contributed by atoms with Gasteiger partial charge >= 0.3 is 6.09 Å². The average Bonchev–Trinajstić information content (AvgIpc) is 3.42. The molecule has 0 bridgehead atoms. The van der Waals surface area contributed by atoms with Crippen molar-refractivity contribution in [3.63, 3.8) is 0 Å². The summed E-state index contributed by atoms with van der Waals surface area (Å²) in [4.78, 5) is 27.9. The number of pyridine rings is 1. The van der Waals surface area contributed by atoms with Crippen molar-refractivity contribution in [2.45, 2.75) is 52.2 Å². The maximum atomic E-state index is 15.0. The lowest BCUT2D eigenvalue weighted by molar-refractivity contribution is 0.0493. The summed E-state index contributed by atoms with van der Waals surface area (Å²) in [6.07, 6.45) is 4.39. The standard InChI is InChI=1S/C28H29ClFN7O2S/c1-15-9-22(40-36-15)34-25-32-12-19(30)23(35-25)16-5-6-20-17(10-16)24(18(29)11-31-20)37-13-21(28(14-37)7-8-28)33-26(38)39-27(2,3)4/h5-6,9-12,21H,7-8,13-14H2,1-4H3,(H,33,38)(H,32,34,35)/t21-/m1/s1. The normalized spacial score (nSPS) is 17.9. The van der Waals surface area contributed by atoms with Gasteiger partial charge in [0.1, 0.15) is 16.3 Å². The van der Waals surface area contributed by atoms with Gasteiger partial charge in [-0.3, -0.25) is 4.98 Å². The molecule has 0 radical (unpaired) electrons. The highest BCUT2D eigenvalue weighted by atomic mass is 35.5. The first kappa shape index (κ1) is 26.6. The number of rotatable bonds is 5. The van der Waals surface area contributed by atoms with Gasteiger partial charge in [0.25, 0.3) is 0 Å². The second-order valence-electron chi connectivity index (χ2n) is 11.5. The number of benzene rings is 1. The minimum Gasteiger partial charge on any atom is -0.444 e. The lowest BCUT2D eigenvalue weighted by Crippen LogP contribution is -2.44. The smallest absolute Gasteiger partial charge is 0.407 e. The number of carbonyl (C=O) groups is 1. The fraction of sp³-hybridized carbons (Fsp3) is 0.393. The number of aryl methyl sites for hydroxylation is 1. The minimum atomic E-state index is -0.578. The summed E-state index contributed by atoms with van der Waals surface area (Å²) in [6, 6.07) is 7.29. The molecular weight excluding hydrogens is 553 g/mol. The van der Waals surface area contributed by atoms with E-state index in [2.05, 4.69) is 34.9 Å². The van der Waals surface area contributed by atoms with Crippen LogP contribution in [-0.4, -0.2) is 50.2 Å². The fourth-order valence-electron chi connectivity index (χ4n) is 5.24. The molecule has 1 aromatic carbocycles. The number of alkyl carbamates (subject to hydrolysis) is 1. The summed E-state index contributed by atoms with van der Waals surface area (Å²) in [6.45, 7) is 8.75. The van der Waals surface area contributed by atoms with Crippen LogP contribution < -0.4 is 15.5 Å². The van der Waals surface area contributed by atoms with Crippen molar-refractivity contribution in [3.05, 3.63) is 53.2 Å². The molecule has 4 aromatic rings. The number of hydrogen-bond acceptors (Lipinski definition) is 9. The van der Waals surface area contributed by atoms with E-state index < -0.39 is 17.5 Å². The molecule has 1 aliphatic heterocycles. The monoisotopic (exact) mass is 581 g/mol. The van der Waals surface area contributed by atoms with E-state index in [0.717, 1.165) is 52.9 Å². The second-order valence-corrected chi connectivity index (χ2v) is 12.7. The molecule has 1 saturated heterocycles. The SMILES string of the molecule is Cc1cc(Nc2ncc(F)c(-c3ccc4ncc(Cl)c(N5C[C@@H](NC(=O)OC(C)(C)C)C6(CC6)C5)c4c3)n2)sn1. The number of hydrogen-bond donors (Lipinski definition) is 2. The molecule has 40 heavy (non-hydrogen) atoms. The van der Waals surface area contributed by atoms with E-state index in [4.69, 9.17) is 16.3 Å². The Morgan fingerprint density at radius 3 is 2.73 bits per heavy atom. The molecule has 1 amide bonds. The molecule has 3 aromatic heterocycles. The van der Waals surface area contributed by atoms with Gasteiger partial charge in [-0.25, -0.2) is 19.2 Å². The van der Waals surface area contributed by atoms with Gasteiger partial charge in [0, 0.05) is 35.7 Å². The van der Waals surface area contributed by atoms with Gasteiger partial charge in [-0.05, 0) is 70.3 Å². The molecule has 2 N–H and O–H groups in total. The molecule has 1 aliphatic carbocycles. The Bertz CT molecular complexity index is 1620. The van der Waals surface area contributed by atoms with Crippen molar-refractivity contribution in [3.8, 4) is 11.3 Å². The van der Waals surface area contributed by atoms with Crippen LogP contribution in [-0.2, 0) is 4.74 Å². The van der Waals surface area contributed by atoms with E-state index >= 15 is 4.39 Å². The van der Waals surface area contributed by atoms with Crippen LogP contribution >= 0.6 is 23.1 Å². The topological polar surface area (TPSA) is 105 Å². The third kappa shape index (κ3) is 5.27. The molecule has 4 heterocycles. The van der Waals surface area contributed by atoms with Crippen LogP contribution in [0.3, 0.4) is 0 Å². The number of halogens is 2. The number of ether oxygens (including phenoxy) is 1. The van der Waals surface area contributed by atoms with E-state index in [9.17, 15) is 4.79 Å². The third-order valence-electron chi connectivity index (χ3n) is 7.22. The Labute approximate surface area is 240 Å². The summed E-state index contributed by atoms with van der Waals surface area (Å²) < 4.78 is 24.8. The van der Waals surface area contributed by atoms with Gasteiger partial charge in [-0.2, -0.15) is 4.37 Å². The molecule has 208 valence electrons. The van der Waals surface area contributed by atoms with Gasteiger partial charge in [0.2, 0.25) is 5.95 Å². The number of carbonyl (C=O) groups excluding carboxylic acids is 1. The number of amides is 1. The molecule has 9 nitrogen and oxygen atoms in total. The van der Waals surface area contributed by atoms with Gasteiger partial charge in [0.15, 0.2) is 5.82 Å². The number of fused-ring (bicyclic) bond motifs is 1. The highest BCUT2D eigenvalue weighted by molar-refractivity contribution is 7.10. The maximum absolute atomic E-state index is 15.0. The van der Waals surface area contributed by atoms with Crippen molar-refractivity contribution in [2.24, 2.45) is 5.41 Å². The quantitative estimate of drug-likeness (QED) is 0.276. The van der Waals surface area contributed by atoms with E-state index in [-0.39, 0.29) is 23.1 Å². The molecule has 12 heteroatoms. The van der Waals surface area contributed by atoms with E-state index in [1.165, 1.54) is 11.5 Å². The molecule has 0 unspecified atom stereocenters. The largest absolute Gasteiger partial charge is 0.444 e. The highest BCUT2D eigenvalue weighted by Gasteiger charge is 2.56. The van der Waals surface area contributed by atoms with Crippen molar-refractivity contribution < 1.29 is 13.9 Å². The number of aromatic nitrogens is 4. The number of nitrogens with zero attached hydrogens (tertiary/aromatic N) is 5. The van der Waals surface area contributed by atoms with Gasteiger partial charge < -0.3 is 20.3 Å². The van der Waals surface area contributed by atoms with Crippen LogP contribution in [0.1, 0.15) is 39.3 Å².